The minimum absolute atomic E-state index is 0.0342. The van der Waals surface area contributed by atoms with Gasteiger partial charge in [0.05, 0.1) is 10.5 Å². The highest BCUT2D eigenvalue weighted by Crippen LogP contribution is 2.21. The Morgan fingerprint density at radius 2 is 2.15 bits per heavy atom. The summed E-state index contributed by atoms with van der Waals surface area (Å²) in [4.78, 5) is 26.1. The zero-order valence-electron chi connectivity index (χ0n) is 11.6. The Kier molecular flexibility index (Phi) is 4.77. The highest BCUT2D eigenvalue weighted by Gasteiger charge is 2.29. The predicted molar refractivity (Wildman–Crippen MR) is 77.7 cm³/mol. The summed E-state index contributed by atoms with van der Waals surface area (Å²) in [6.07, 6.45) is 1.53. The van der Waals surface area contributed by atoms with Crippen LogP contribution in [0.3, 0.4) is 0 Å². The standard InChI is InChI=1S/C14H20N2O3S/c1-14(19)5-8-16(9-6-14)12(17)4-7-15-13(18)11-3-2-10-20-11/h2-3,10,19H,4-9H2,1H3,(H,15,18). The monoisotopic (exact) mass is 296 g/mol. The average molecular weight is 296 g/mol. The molecule has 0 aromatic carbocycles. The van der Waals surface area contributed by atoms with Crippen molar-refractivity contribution in [3.8, 4) is 0 Å². The van der Waals surface area contributed by atoms with Gasteiger partial charge < -0.3 is 15.3 Å². The second-order valence-corrected chi connectivity index (χ2v) is 6.31. The van der Waals surface area contributed by atoms with E-state index in [0.29, 0.717) is 43.8 Å². The van der Waals surface area contributed by atoms with Crippen LogP contribution in [0.5, 0.6) is 0 Å². The van der Waals surface area contributed by atoms with Crippen LogP contribution in [0.4, 0.5) is 0 Å². The normalized spacial score (nSPS) is 17.8. The molecule has 1 fully saturated rings. The number of carbonyl (C=O) groups is 2. The van der Waals surface area contributed by atoms with Gasteiger partial charge in [-0.25, -0.2) is 0 Å². The molecular formula is C14H20N2O3S. The van der Waals surface area contributed by atoms with Gasteiger partial charge in [-0.1, -0.05) is 6.07 Å². The van der Waals surface area contributed by atoms with E-state index in [1.165, 1.54) is 11.3 Å². The fourth-order valence-electron chi connectivity index (χ4n) is 2.17. The first kappa shape index (κ1) is 15.0. The molecule has 6 heteroatoms. The molecule has 110 valence electrons. The van der Waals surface area contributed by atoms with Gasteiger partial charge in [-0.3, -0.25) is 9.59 Å². The Hall–Kier alpha value is -1.40. The lowest BCUT2D eigenvalue weighted by molar-refractivity contribution is -0.134. The highest BCUT2D eigenvalue weighted by atomic mass is 32.1. The fourth-order valence-corrected chi connectivity index (χ4v) is 2.81. The molecule has 0 unspecified atom stereocenters. The van der Waals surface area contributed by atoms with Crippen LogP contribution in [0.25, 0.3) is 0 Å². The average Bonchev–Trinajstić information content (AvgIpc) is 2.92. The summed E-state index contributed by atoms with van der Waals surface area (Å²) < 4.78 is 0. The van der Waals surface area contributed by atoms with Gasteiger partial charge in [0.1, 0.15) is 0 Å². The van der Waals surface area contributed by atoms with E-state index in [2.05, 4.69) is 5.32 Å². The van der Waals surface area contributed by atoms with Crippen molar-refractivity contribution < 1.29 is 14.7 Å². The van der Waals surface area contributed by atoms with Gasteiger partial charge in [0.25, 0.3) is 5.91 Å². The quantitative estimate of drug-likeness (QED) is 0.878. The van der Waals surface area contributed by atoms with Gasteiger partial charge in [0, 0.05) is 26.1 Å². The summed E-state index contributed by atoms with van der Waals surface area (Å²) in [5, 5.41) is 14.4. The number of nitrogens with one attached hydrogen (secondary N) is 1. The third-order valence-corrected chi connectivity index (χ3v) is 4.43. The van der Waals surface area contributed by atoms with Crippen molar-refractivity contribution in [2.75, 3.05) is 19.6 Å². The molecule has 1 aliphatic heterocycles. The lowest BCUT2D eigenvalue weighted by Crippen LogP contribution is -2.45. The summed E-state index contributed by atoms with van der Waals surface area (Å²) in [6, 6.07) is 3.58. The van der Waals surface area contributed by atoms with Gasteiger partial charge in [0.2, 0.25) is 5.91 Å². The molecule has 1 aliphatic rings. The molecule has 5 nitrogen and oxygen atoms in total. The molecule has 0 atom stereocenters. The van der Waals surface area contributed by atoms with E-state index in [0.717, 1.165) is 0 Å². The van der Waals surface area contributed by atoms with E-state index < -0.39 is 5.60 Å². The molecule has 0 spiro atoms. The third kappa shape index (κ3) is 4.05. The number of hydrogen-bond donors (Lipinski definition) is 2. The zero-order valence-corrected chi connectivity index (χ0v) is 12.4. The predicted octanol–water partition coefficient (Wildman–Crippen LogP) is 1.24. The van der Waals surface area contributed by atoms with Crippen molar-refractivity contribution >= 4 is 23.2 Å². The summed E-state index contributed by atoms with van der Waals surface area (Å²) in [7, 11) is 0. The van der Waals surface area contributed by atoms with E-state index in [1.54, 1.807) is 17.9 Å². The molecule has 0 aliphatic carbocycles. The van der Waals surface area contributed by atoms with E-state index in [1.807, 2.05) is 11.4 Å². The van der Waals surface area contributed by atoms with E-state index in [-0.39, 0.29) is 11.8 Å². The first-order valence-corrected chi connectivity index (χ1v) is 7.68. The van der Waals surface area contributed by atoms with Gasteiger partial charge in [-0.2, -0.15) is 0 Å². The van der Waals surface area contributed by atoms with Crippen LogP contribution >= 0.6 is 11.3 Å². The Balaban J connectivity index is 1.69. The van der Waals surface area contributed by atoms with Gasteiger partial charge in [0.15, 0.2) is 0 Å². The van der Waals surface area contributed by atoms with Gasteiger partial charge >= 0.3 is 0 Å². The number of piperidine rings is 1. The van der Waals surface area contributed by atoms with Crippen LogP contribution in [0.1, 0.15) is 35.9 Å². The SMILES string of the molecule is CC1(O)CCN(C(=O)CCNC(=O)c2cccs2)CC1. The summed E-state index contributed by atoms with van der Waals surface area (Å²) in [5.74, 6) is -0.0960. The Labute approximate surface area is 122 Å². The highest BCUT2D eigenvalue weighted by molar-refractivity contribution is 7.12. The molecule has 0 saturated carbocycles. The van der Waals surface area contributed by atoms with Crippen molar-refractivity contribution in [3.63, 3.8) is 0 Å². The minimum atomic E-state index is -0.649. The zero-order chi connectivity index (χ0) is 14.6. The summed E-state index contributed by atoms with van der Waals surface area (Å²) >= 11 is 1.38. The largest absolute Gasteiger partial charge is 0.390 e. The maximum Gasteiger partial charge on any atom is 0.261 e. The maximum atomic E-state index is 12.0. The molecule has 2 heterocycles. The minimum Gasteiger partial charge on any atom is -0.390 e. The van der Waals surface area contributed by atoms with Crippen molar-refractivity contribution in [1.29, 1.82) is 0 Å². The number of rotatable bonds is 4. The van der Waals surface area contributed by atoms with Crippen molar-refractivity contribution in [3.05, 3.63) is 22.4 Å². The van der Waals surface area contributed by atoms with E-state index >= 15 is 0 Å². The molecule has 0 bridgehead atoms. The smallest absolute Gasteiger partial charge is 0.261 e. The molecule has 2 rings (SSSR count). The molecule has 1 saturated heterocycles. The van der Waals surface area contributed by atoms with Crippen LogP contribution in [-0.4, -0.2) is 47.1 Å². The third-order valence-electron chi connectivity index (χ3n) is 3.56. The number of amides is 2. The first-order chi connectivity index (χ1) is 9.48. The van der Waals surface area contributed by atoms with Crippen LogP contribution in [-0.2, 0) is 4.79 Å². The number of carbonyl (C=O) groups excluding carboxylic acids is 2. The number of hydrogen-bond acceptors (Lipinski definition) is 4. The molecule has 0 radical (unpaired) electrons. The number of aliphatic hydroxyl groups is 1. The first-order valence-electron chi connectivity index (χ1n) is 6.80. The van der Waals surface area contributed by atoms with Crippen LogP contribution in [0.2, 0.25) is 0 Å². The van der Waals surface area contributed by atoms with Gasteiger partial charge in [-0.05, 0) is 31.2 Å². The Morgan fingerprint density at radius 3 is 2.75 bits per heavy atom. The topological polar surface area (TPSA) is 69.6 Å². The molecular weight excluding hydrogens is 276 g/mol. The number of nitrogens with zero attached hydrogens (tertiary/aromatic N) is 1. The Morgan fingerprint density at radius 1 is 1.45 bits per heavy atom. The van der Waals surface area contributed by atoms with E-state index in [9.17, 15) is 14.7 Å². The van der Waals surface area contributed by atoms with Crippen molar-refractivity contribution in [2.24, 2.45) is 0 Å². The maximum absolute atomic E-state index is 12.0. The molecule has 2 amide bonds. The number of likely N-dealkylation sites (tertiary alicyclic amines) is 1. The van der Waals surface area contributed by atoms with Crippen LogP contribution in [0, 0.1) is 0 Å². The molecule has 1 aromatic rings. The van der Waals surface area contributed by atoms with Crippen molar-refractivity contribution in [2.45, 2.75) is 31.8 Å². The molecule has 2 N–H and O–H groups in total. The Bertz CT molecular complexity index is 461. The second kappa shape index (κ2) is 6.37. The summed E-state index contributed by atoms with van der Waals surface area (Å²) in [6.45, 7) is 3.33. The lowest BCUT2D eigenvalue weighted by Gasteiger charge is -2.35. The van der Waals surface area contributed by atoms with Crippen molar-refractivity contribution in [1.82, 2.24) is 10.2 Å². The second-order valence-electron chi connectivity index (χ2n) is 5.36. The van der Waals surface area contributed by atoms with Gasteiger partial charge in [-0.15, -0.1) is 11.3 Å². The van der Waals surface area contributed by atoms with E-state index in [4.69, 9.17) is 0 Å². The fraction of sp³-hybridized carbons (Fsp3) is 0.571. The molecule has 20 heavy (non-hydrogen) atoms. The lowest BCUT2D eigenvalue weighted by atomic mass is 9.94. The number of thiophene rings is 1. The molecule has 1 aromatic heterocycles. The summed E-state index contributed by atoms with van der Waals surface area (Å²) in [5.41, 5.74) is -0.649. The van der Waals surface area contributed by atoms with Crippen LogP contribution < -0.4 is 5.32 Å². The van der Waals surface area contributed by atoms with Crippen LogP contribution in [0.15, 0.2) is 17.5 Å².